The number of H-pyrrole nitrogens is 1. The first-order chi connectivity index (χ1) is 37.2. The van der Waals surface area contributed by atoms with Gasteiger partial charge < -0.3 is 23.9 Å². The summed E-state index contributed by atoms with van der Waals surface area (Å²) in [4.78, 5) is 14.6. The molecule has 4 unspecified atom stereocenters. The quantitative estimate of drug-likeness (QED) is 0.0478. The van der Waals surface area contributed by atoms with Crippen LogP contribution in [0.4, 0.5) is 0 Å². The number of hydrogen-bond donors (Lipinski definition) is 1. The number of aromatic nitrogens is 8. The van der Waals surface area contributed by atoms with Crippen LogP contribution in [0.1, 0.15) is 154 Å². The monoisotopic (exact) mass is 1020 g/mol. The molecule has 0 saturated carbocycles. The molecule has 0 aliphatic carbocycles. The highest BCUT2D eigenvalue weighted by atomic mass is 16.5. The summed E-state index contributed by atoms with van der Waals surface area (Å²) in [7, 11) is 0. The molecule has 0 fully saturated rings. The summed E-state index contributed by atoms with van der Waals surface area (Å²) in [6, 6.07) is 36.5. The lowest BCUT2D eigenvalue weighted by Crippen LogP contribution is -2.43. The molecule has 0 radical (unpaired) electrons. The molecule has 8 bridgehead atoms. The van der Waals surface area contributed by atoms with Crippen molar-refractivity contribution in [1.29, 1.82) is 0 Å². The minimum Gasteiger partial charge on any atom is -0.355 e. The highest BCUT2D eigenvalue weighted by Gasteiger charge is 2.41. The molecule has 7 aromatic rings. The van der Waals surface area contributed by atoms with Crippen LogP contribution in [-0.2, 0) is 18.9 Å². The highest BCUT2D eigenvalue weighted by molar-refractivity contribution is 6.08. The summed E-state index contributed by atoms with van der Waals surface area (Å²) >= 11 is 0. The van der Waals surface area contributed by atoms with Gasteiger partial charge in [-0.1, -0.05) is 59.4 Å². The number of rotatable bonds is 24. The fraction of sp³-hybridized carbons (Fsp3) is 0.375. The number of hydrogen-bond acceptors (Lipinski definition) is 6. The number of pyridine rings is 4. The predicted octanol–water partition coefficient (Wildman–Crippen LogP) is 13.6. The van der Waals surface area contributed by atoms with E-state index in [9.17, 15) is 0 Å². The molecule has 0 amide bonds. The number of unbranched alkanes of at least 4 members (excludes halogenated alkanes) is 4. The zero-order chi connectivity index (χ0) is 53.0. The van der Waals surface area contributed by atoms with Crippen LogP contribution in [0, 0.1) is 0 Å². The van der Waals surface area contributed by atoms with Gasteiger partial charge in [0.1, 0.15) is 22.2 Å². The molecule has 2 aliphatic heterocycles. The molecule has 12 nitrogen and oxygen atoms in total. The van der Waals surface area contributed by atoms with Gasteiger partial charge in [0.05, 0.1) is 55.4 Å². The van der Waals surface area contributed by atoms with Gasteiger partial charge in [0.2, 0.25) is 17.1 Å². The van der Waals surface area contributed by atoms with Gasteiger partial charge in [0.15, 0.2) is 30.3 Å². The van der Waals surface area contributed by atoms with Gasteiger partial charge in [-0.3, -0.25) is 0 Å². The lowest BCUT2D eigenvalue weighted by molar-refractivity contribution is -0.753. The minimum absolute atomic E-state index is 0.316. The second-order valence-corrected chi connectivity index (χ2v) is 19.8. The Morgan fingerprint density at radius 1 is 0.447 bits per heavy atom. The predicted molar refractivity (Wildman–Crippen MR) is 303 cm³/mol. The smallest absolute Gasteiger partial charge is 0.289 e. The summed E-state index contributed by atoms with van der Waals surface area (Å²) in [6.45, 7) is 19.9. The average molecular weight is 1020 g/mol. The maximum atomic E-state index is 6.78. The SMILES string of the molecule is CCCCOC(C)[n+]1ccccc1-c1c(-c2cccc[n+]2C(C)OCCCC)c2c(-c3cccc[n+]3C(C)OCCCC)c3nc(cc4ccc(cc5nc(cc1n2-c1cccc[n+]1C(C)OCCCC)C=C5)[nH]4)C=C3. The molecule has 0 spiro atoms. The number of fused-ring (bicyclic) bond motifs is 8. The summed E-state index contributed by atoms with van der Waals surface area (Å²) < 4.78 is 38.6. The van der Waals surface area contributed by atoms with Crippen LogP contribution in [0.2, 0.25) is 0 Å². The van der Waals surface area contributed by atoms with E-state index in [0.29, 0.717) is 26.4 Å². The molecule has 394 valence electrons. The van der Waals surface area contributed by atoms with E-state index in [4.69, 9.17) is 28.9 Å². The molecule has 4 atom stereocenters. The van der Waals surface area contributed by atoms with Crippen LogP contribution in [0.25, 0.3) is 86.0 Å². The lowest BCUT2D eigenvalue weighted by Gasteiger charge is -2.16. The van der Waals surface area contributed by atoms with Crippen molar-refractivity contribution in [1.82, 2.24) is 19.5 Å². The minimum atomic E-state index is -0.337. The molecular weight excluding hydrogens is 945 g/mol. The Balaban J connectivity index is 1.59. The zero-order valence-corrected chi connectivity index (χ0v) is 46.0. The molecule has 0 saturated heterocycles. The third-order valence-corrected chi connectivity index (χ3v) is 14.2. The summed E-state index contributed by atoms with van der Waals surface area (Å²) in [5, 5.41) is 0. The topological polar surface area (TPSA) is 98.9 Å². The fourth-order valence-corrected chi connectivity index (χ4v) is 10.1. The summed E-state index contributed by atoms with van der Waals surface area (Å²) in [6.07, 6.45) is 23.7. The number of nitrogens with one attached hydrogen (secondary N) is 1. The van der Waals surface area contributed by atoms with Crippen molar-refractivity contribution in [3.05, 3.63) is 151 Å². The number of aromatic amines is 1. The van der Waals surface area contributed by atoms with E-state index in [-0.39, 0.29) is 24.9 Å². The van der Waals surface area contributed by atoms with Gasteiger partial charge in [-0.15, -0.1) is 0 Å². The maximum absolute atomic E-state index is 6.78. The van der Waals surface area contributed by atoms with Gasteiger partial charge in [-0.05, 0) is 98.5 Å². The second kappa shape index (κ2) is 25.7. The van der Waals surface area contributed by atoms with Crippen LogP contribution >= 0.6 is 0 Å². The van der Waals surface area contributed by atoms with Crippen molar-refractivity contribution in [3.63, 3.8) is 0 Å². The molecule has 7 aromatic heterocycles. The van der Waals surface area contributed by atoms with Gasteiger partial charge in [0.25, 0.3) is 24.5 Å². The van der Waals surface area contributed by atoms with Crippen molar-refractivity contribution in [2.24, 2.45) is 0 Å². The van der Waals surface area contributed by atoms with Crippen molar-refractivity contribution < 1.29 is 37.2 Å². The lowest BCUT2D eigenvalue weighted by atomic mass is 9.97. The Kier molecular flexibility index (Phi) is 18.2. The molecule has 0 aromatic carbocycles. The number of nitrogens with zero attached hydrogens (tertiary/aromatic N) is 7. The number of ether oxygens (including phenoxy) is 4. The molecular formula is C64H78N8O4+4. The molecule has 2 aliphatic rings. The van der Waals surface area contributed by atoms with E-state index in [1.807, 2.05) is 0 Å². The van der Waals surface area contributed by atoms with Gasteiger partial charge in [-0.25, -0.2) is 14.5 Å². The first kappa shape index (κ1) is 53.9. The van der Waals surface area contributed by atoms with Gasteiger partial charge in [-0.2, -0.15) is 18.3 Å². The standard InChI is InChI=1S/C64H77N8O4/c1-9-13-39-73-46(5)68-35-21-17-25-56(68)61-55-34-33-53(67-55)44-52-30-29-50(65-52)43-51-31-32-54(66-51)45-59-62(57-26-18-22-36-69(57)47(6)74-40-14-10-2)63(58-27-19-23-37-70(58)48(7)75-41-15-11-3)64(61)72(59)60-28-20-24-38-71(60)49(8)76-42-16-12-4/h17-38,43-49H,9-16,39-42H2,1-8H3/q+3/p+1. The van der Waals surface area contributed by atoms with Crippen molar-refractivity contribution in [2.45, 2.75) is 132 Å². The Morgan fingerprint density at radius 2 is 0.855 bits per heavy atom. The van der Waals surface area contributed by atoms with Crippen LogP contribution in [0.3, 0.4) is 0 Å². The Labute approximate surface area is 449 Å². The normalized spacial score (nSPS) is 13.8. The Morgan fingerprint density at radius 3 is 1.36 bits per heavy atom. The van der Waals surface area contributed by atoms with Gasteiger partial charge >= 0.3 is 0 Å². The fourth-order valence-electron chi connectivity index (χ4n) is 10.1. The third-order valence-electron chi connectivity index (χ3n) is 14.2. The Hall–Kier alpha value is -6.96. The van der Waals surface area contributed by atoms with Crippen LogP contribution in [0.15, 0.2) is 128 Å². The largest absolute Gasteiger partial charge is 0.355 e. The van der Waals surface area contributed by atoms with Crippen LogP contribution in [0.5, 0.6) is 0 Å². The maximum Gasteiger partial charge on any atom is 0.289 e. The first-order valence-corrected chi connectivity index (χ1v) is 27.9. The van der Waals surface area contributed by atoms with E-state index in [1.165, 1.54) is 0 Å². The summed E-state index contributed by atoms with van der Waals surface area (Å²) in [5.41, 5.74) is 12.7. The summed E-state index contributed by atoms with van der Waals surface area (Å²) in [5.74, 6) is 0.896. The van der Waals surface area contributed by atoms with E-state index < -0.39 is 0 Å². The van der Waals surface area contributed by atoms with E-state index in [2.05, 4.69) is 235 Å². The molecule has 12 heteroatoms. The van der Waals surface area contributed by atoms with Gasteiger partial charge in [0, 0.05) is 87.3 Å². The third kappa shape index (κ3) is 12.0. The average Bonchev–Trinajstić information content (AvgIpc) is 4.33. The van der Waals surface area contributed by atoms with Crippen molar-refractivity contribution >= 4 is 46.4 Å². The Bertz CT molecular complexity index is 3340. The first-order valence-electron chi connectivity index (χ1n) is 27.9. The van der Waals surface area contributed by atoms with Crippen molar-refractivity contribution in [2.75, 3.05) is 26.4 Å². The molecule has 9 rings (SSSR count). The van der Waals surface area contributed by atoms with E-state index in [0.717, 1.165) is 136 Å². The van der Waals surface area contributed by atoms with Crippen LogP contribution in [-0.4, -0.2) is 45.9 Å². The molecule has 1 N–H and O–H groups in total. The van der Waals surface area contributed by atoms with Crippen LogP contribution < -0.4 is 18.3 Å². The van der Waals surface area contributed by atoms with E-state index >= 15 is 0 Å². The second-order valence-electron chi connectivity index (χ2n) is 19.8. The molecule has 9 heterocycles. The zero-order valence-electron chi connectivity index (χ0n) is 46.0. The van der Waals surface area contributed by atoms with E-state index in [1.54, 1.807) is 0 Å². The molecule has 76 heavy (non-hydrogen) atoms. The van der Waals surface area contributed by atoms with Crippen molar-refractivity contribution in [3.8, 4) is 39.6 Å². The highest BCUT2D eigenvalue weighted by Crippen LogP contribution is 2.46.